The zero-order chi connectivity index (χ0) is 20.1. The molecular formula is C24H20N2OS2. The lowest BCUT2D eigenvalue weighted by Gasteiger charge is -2.17. The van der Waals surface area contributed by atoms with Crippen molar-refractivity contribution in [3.05, 3.63) is 101 Å². The molecule has 3 aromatic carbocycles. The van der Waals surface area contributed by atoms with Gasteiger partial charge in [-0.1, -0.05) is 72.4 Å². The Morgan fingerprint density at radius 1 is 0.931 bits per heavy atom. The topological polar surface area (TPSA) is 33.6 Å². The molecule has 1 N–H and O–H groups in total. The number of nitrogens with zero attached hydrogens (tertiary/aromatic N) is 1. The van der Waals surface area contributed by atoms with Crippen molar-refractivity contribution in [1.82, 2.24) is 0 Å². The van der Waals surface area contributed by atoms with E-state index in [2.05, 4.69) is 47.1 Å². The fourth-order valence-corrected chi connectivity index (χ4v) is 4.58. The molecule has 0 radical (unpaired) electrons. The predicted molar refractivity (Wildman–Crippen MR) is 128 cm³/mol. The number of thiocarbonyl (C=S) groups is 1. The van der Waals surface area contributed by atoms with E-state index in [0.29, 0.717) is 5.11 Å². The first kappa shape index (κ1) is 19.4. The van der Waals surface area contributed by atoms with Crippen molar-refractivity contribution in [1.29, 1.82) is 0 Å². The van der Waals surface area contributed by atoms with Gasteiger partial charge in [-0.2, -0.15) is 0 Å². The molecule has 3 nitrogen and oxygen atoms in total. The van der Waals surface area contributed by atoms with E-state index in [1.165, 1.54) is 11.1 Å². The molecule has 1 aliphatic heterocycles. The lowest BCUT2D eigenvalue weighted by molar-refractivity contribution is 0.415. The minimum atomic E-state index is 0.0464. The molecule has 0 bridgehead atoms. The summed E-state index contributed by atoms with van der Waals surface area (Å²) in [6.07, 6.45) is 0. The van der Waals surface area contributed by atoms with Crippen molar-refractivity contribution in [2.75, 3.05) is 12.4 Å². The number of nitrogens with one attached hydrogen (secondary N) is 1. The van der Waals surface area contributed by atoms with Crippen molar-refractivity contribution < 1.29 is 4.74 Å². The average molecular weight is 417 g/mol. The van der Waals surface area contributed by atoms with Crippen LogP contribution in [0.2, 0.25) is 0 Å². The van der Waals surface area contributed by atoms with Crippen LogP contribution in [0.1, 0.15) is 17.0 Å². The summed E-state index contributed by atoms with van der Waals surface area (Å²) in [5.41, 5.74) is 4.50. The molecule has 0 amide bonds. The van der Waals surface area contributed by atoms with Crippen molar-refractivity contribution in [2.45, 2.75) is 5.92 Å². The number of anilines is 1. The molecule has 0 saturated heterocycles. The highest BCUT2D eigenvalue weighted by Gasteiger charge is 2.29. The van der Waals surface area contributed by atoms with Gasteiger partial charge >= 0.3 is 0 Å². The second kappa shape index (κ2) is 9.07. The molecular weight excluding hydrogens is 396 g/mol. The molecule has 144 valence electrons. The standard InChI is InChI=1S/C24H20N2OS2/c1-27-20-14-12-17(13-15-20)21-16-29-23(22(21)18-8-4-2-5-9-18)26-24(28)25-19-10-6-3-7-11-19/h2-16,22H,1H3,(H,25,28)/b26-23+. The van der Waals surface area contributed by atoms with E-state index < -0.39 is 0 Å². The van der Waals surface area contributed by atoms with Crippen LogP contribution in [-0.2, 0) is 0 Å². The molecule has 4 rings (SSSR count). The van der Waals surface area contributed by atoms with Crippen LogP contribution >= 0.6 is 24.0 Å². The maximum Gasteiger partial charge on any atom is 0.198 e. The monoisotopic (exact) mass is 416 g/mol. The molecule has 0 fully saturated rings. The van der Waals surface area contributed by atoms with Gasteiger partial charge in [0.1, 0.15) is 5.75 Å². The van der Waals surface area contributed by atoms with Gasteiger partial charge in [-0.3, -0.25) is 0 Å². The molecule has 0 spiro atoms. The molecule has 1 heterocycles. The lowest BCUT2D eigenvalue weighted by atomic mass is 9.88. The number of rotatable bonds is 4. The predicted octanol–water partition coefficient (Wildman–Crippen LogP) is 6.36. The number of aliphatic imine (C=N–C) groups is 1. The van der Waals surface area contributed by atoms with Gasteiger partial charge in [0.15, 0.2) is 5.11 Å². The Kier molecular flexibility index (Phi) is 6.08. The van der Waals surface area contributed by atoms with Gasteiger partial charge in [0.2, 0.25) is 0 Å². The normalized spacial score (nSPS) is 17.1. The van der Waals surface area contributed by atoms with E-state index in [1.54, 1.807) is 18.9 Å². The fraction of sp³-hybridized carbons (Fsp3) is 0.0833. The number of benzene rings is 3. The van der Waals surface area contributed by atoms with Crippen LogP contribution in [0, 0.1) is 0 Å². The lowest BCUT2D eigenvalue weighted by Crippen LogP contribution is -2.13. The highest BCUT2D eigenvalue weighted by Crippen LogP contribution is 2.44. The van der Waals surface area contributed by atoms with E-state index in [-0.39, 0.29) is 5.92 Å². The molecule has 29 heavy (non-hydrogen) atoms. The van der Waals surface area contributed by atoms with Gasteiger partial charge in [0.25, 0.3) is 0 Å². The summed E-state index contributed by atoms with van der Waals surface area (Å²) in [7, 11) is 1.68. The number of thioether (sulfide) groups is 1. The van der Waals surface area contributed by atoms with Crippen molar-refractivity contribution in [3.8, 4) is 5.75 Å². The van der Waals surface area contributed by atoms with Gasteiger partial charge in [-0.05, 0) is 58.6 Å². The Hall–Kier alpha value is -2.89. The van der Waals surface area contributed by atoms with Crippen LogP contribution in [0.25, 0.3) is 5.57 Å². The summed E-state index contributed by atoms with van der Waals surface area (Å²) < 4.78 is 5.30. The Labute approximate surface area is 180 Å². The number of hydrogen-bond donors (Lipinski definition) is 1. The number of hydrogen-bond acceptors (Lipinski definition) is 3. The van der Waals surface area contributed by atoms with Crippen LogP contribution in [0.4, 0.5) is 5.69 Å². The molecule has 5 heteroatoms. The van der Waals surface area contributed by atoms with Gasteiger partial charge in [-0.15, -0.1) is 0 Å². The third kappa shape index (κ3) is 4.58. The number of allylic oxidation sites excluding steroid dienone is 1. The summed E-state index contributed by atoms with van der Waals surface area (Å²) in [4.78, 5) is 4.76. The Balaban J connectivity index is 1.64. The van der Waals surface area contributed by atoms with Gasteiger partial charge in [0, 0.05) is 5.69 Å². The second-order valence-corrected chi connectivity index (χ2v) is 7.79. The average Bonchev–Trinajstić information content (AvgIpc) is 3.18. The fourth-order valence-electron chi connectivity index (χ4n) is 3.24. The number of para-hydroxylation sites is 1. The van der Waals surface area contributed by atoms with E-state index in [4.69, 9.17) is 21.9 Å². The number of ether oxygens (including phenoxy) is 1. The van der Waals surface area contributed by atoms with E-state index in [0.717, 1.165) is 22.0 Å². The first-order valence-corrected chi connectivity index (χ1v) is 10.5. The van der Waals surface area contributed by atoms with Crippen molar-refractivity contribution in [2.24, 2.45) is 4.99 Å². The number of methoxy groups -OCH3 is 1. The first-order chi connectivity index (χ1) is 14.2. The van der Waals surface area contributed by atoms with Crippen LogP contribution in [0.5, 0.6) is 5.75 Å². The summed E-state index contributed by atoms with van der Waals surface area (Å²) in [5, 5.41) is 6.80. The first-order valence-electron chi connectivity index (χ1n) is 9.25. The van der Waals surface area contributed by atoms with Crippen molar-refractivity contribution >= 4 is 45.4 Å². The van der Waals surface area contributed by atoms with Crippen LogP contribution in [-0.4, -0.2) is 17.3 Å². The molecule has 3 aromatic rings. The molecule has 1 aliphatic rings. The van der Waals surface area contributed by atoms with Gasteiger partial charge in [-0.25, -0.2) is 4.99 Å². The molecule has 1 atom stereocenters. The van der Waals surface area contributed by atoms with Crippen molar-refractivity contribution in [3.63, 3.8) is 0 Å². The largest absolute Gasteiger partial charge is 0.497 e. The van der Waals surface area contributed by atoms with Crippen LogP contribution < -0.4 is 10.1 Å². The minimum Gasteiger partial charge on any atom is -0.497 e. The third-order valence-electron chi connectivity index (χ3n) is 4.66. The highest BCUT2D eigenvalue weighted by molar-refractivity contribution is 8.17. The van der Waals surface area contributed by atoms with Gasteiger partial charge < -0.3 is 10.1 Å². The summed E-state index contributed by atoms with van der Waals surface area (Å²) in [5.74, 6) is 0.892. The van der Waals surface area contributed by atoms with E-state index in [1.807, 2.05) is 48.5 Å². The Morgan fingerprint density at radius 3 is 2.24 bits per heavy atom. The molecule has 0 saturated carbocycles. The maximum absolute atomic E-state index is 5.51. The quantitative estimate of drug-likeness (QED) is 0.502. The molecule has 0 aromatic heterocycles. The zero-order valence-corrected chi connectivity index (χ0v) is 17.5. The minimum absolute atomic E-state index is 0.0464. The third-order valence-corrected chi connectivity index (χ3v) is 5.79. The second-order valence-electron chi connectivity index (χ2n) is 6.51. The van der Waals surface area contributed by atoms with E-state index in [9.17, 15) is 0 Å². The summed E-state index contributed by atoms with van der Waals surface area (Å²) >= 11 is 7.14. The van der Waals surface area contributed by atoms with Gasteiger partial charge in [0.05, 0.1) is 18.1 Å². The summed E-state index contributed by atoms with van der Waals surface area (Å²) in [6.45, 7) is 0. The Bertz CT molecular complexity index is 1050. The Morgan fingerprint density at radius 2 is 1.59 bits per heavy atom. The molecule has 1 unspecified atom stereocenters. The zero-order valence-electron chi connectivity index (χ0n) is 15.9. The van der Waals surface area contributed by atoms with Crippen LogP contribution in [0.3, 0.4) is 0 Å². The highest BCUT2D eigenvalue weighted by atomic mass is 32.2. The maximum atomic E-state index is 5.51. The summed E-state index contributed by atoms with van der Waals surface area (Å²) in [6, 6.07) is 28.4. The van der Waals surface area contributed by atoms with E-state index >= 15 is 0 Å². The molecule has 0 aliphatic carbocycles. The smallest absolute Gasteiger partial charge is 0.198 e. The SMILES string of the molecule is COc1ccc(C2=CS/C(=N/C(=S)Nc3ccccc3)C2c2ccccc2)cc1. The van der Waals surface area contributed by atoms with Crippen LogP contribution in [0.15, 0.2) is 95.3 Å².